The molecule has 0 bridgehead atoms. The molecule has 0 saturated carbocycles. The standard InChI is InChI=1S/C24H26ClN3O2/c1-24(2,3)19-10-6-17(7-11-19)23(29)28-14-4-5-18(15-28)22-26-21(27-30-22)16-8-12-20(25)13-9-16/h6-13,18H,4-5,14-15H2,1-3H3/t18-/m0/s1. The van der Waals surface area contributed by atoms with Gasteiger partial charge in [0.1, 0.15) is 0 Å². The zero-order valence-electron chi connectivity index (χ0n) is 17.6. The number of carbonyl (C=O) groups excluding carboxylic acids is 1. The number of aromatic nitrogens is 2. The Kier molecular flexibility index (Phi) is 5.65. The molecule has 1 saturated heterocycles. The highest BCUT2D eigenvalue weighted by Crippen LogP contribution is 2.29. The van der Waals surface area contributed by atoms with E-state index in [-0.39, 0.29) is 17.2 Å². The molecule has 156 valence electrons. The number of piperidine rings is 1. The Hall–Kier alpha value is -2.66. The second-order valence-corrected chi connectivity index (χ2v) is 9.32. The van der Waals surface area contributed by atoms with E-state index in [1.54, 1.807) is 12.1 Å². The van der Waals surface area contributed by atoms with Gasteiger partial charge < -0.3 is 9.42 Å². The average Bonchev–Trinajstić information content (AvgIpc) is 3.24. The van der Waals surface area contributed by atoms with Gasteiger partial charge in [-0.25, -0.2) is 0 Å². The Bertz CT molecular complexity index is 1020. The molecule has 2 aromatic carbocycles. The van der Waals surface area contributed by atoms with Crippen molar-refractivity contribution in [2.24, 2.45) is 0 Å². The normalized spacial score (nSPS) is 17.2. The SMILES string of the molecule is CC(C)(C)c1ccc(C(=O)N2CCC[C@H](c3nc(-c4ccc(Cl)cc4)no3)C2)cc1. The quantitative estimate of drug-likeness (QED) is 0.541. The largest absolute Gasteiger partial charge is 0.339 e. The first-order chi connectivity index (χ1) is 14.3. The highest BCUT2D eigenvalue weighted by molar-refractivity contribution is 6.30. The van der Waals surface area contributed by atoms with Crippen LogP contribution in [0.25, 0.3) is 11.4 Å². The highest BCUT2D eigenvalue weighted by atomic mass is 35.5. The van der Waals surface area contributed by atoms with E-state index >= 15 is 0 Å². The fourth-order valence-corrected chi connectivity index (χ4v) is 3.90. The van der Waals surface area contributed by atoms with Crippen LogP contribution < -0.4 is 0 Å². The van der Waals surface area contributed by atoms with E-state index in [9.17, 15) is 4.79 Å². The molecule has 0 unspecified atom stereocenters. The molecule has 0 spiro atoms. The summed E-state index contributed by atoms with van der Waals surface area (Å²) in [5, 5.41) is 4.79. The van der Waals surface area contributed by atoms with Gasteiger partial charge in [0.2, 0.25) is 11.7 Å². The van der Waals surface area contributed by atoms with Gasteiger partial charge >= 0.3 is 0 Å². The summed E-state index contributed by atoms with van der Waals surface area (Å²) in [6.45, 7) is 7.84. The van der Waals surface area contributed by atoms with Crippen LogP contribution >= 0.6 is 11.6 Å². The number of hydrogen-bond acceptors (Lipinski definition) is 4. The number of carbonyl (C=O) groups is 1. The molecule has 1 aliphatic rings. The van der Waals surface area contributed by atoms with E-state index in [0.29, 0.717) is 23.3 Å². The van der Waals surface area contributed by atoms with Gasteiger partial charge in [-0.3, -0.25) is 4.79 Å². The number of benzene rings is 2. The van der Waals surface area contributed by atoms with Crippen LogP contribution in [0, 0.1) is 0 Å². The molecule has 3 aromatic rings. The third-order valence-electron chi connectivity index (χ3n) is 5.60. The fourth-order valence-electron chi connectivity index (χ4n) is 3.78. The maximum atomic E-state index is 13.0. The van der Waals surface area contributed by atoms with Crippen molar-refractivity contribution >= 4 is 17.5 Å². The molecule has 4 rings (SSSR count). The smallest absolute Gasteiger partial charge is 0.253 e. The van der Waals surface area contributed by atoms with Crippen LogP contribution in [0.5, 0.6) is 0 Å². The molecule has 30 heavy (non-hydrogen) atoms. The average molecular weight is 424 g/mol. The van der Waals surface area contributed by atoms with Gasteiger partial charge in [-0.2, -0.15) is 4.98 Å². The lowest BCUT2D eigenvalue weighted by molar-refractivity contribution is 0.0695. The van der Waals surface area contributed by atoms with Crippen LogP contribution in [0.4, 0.5) is 0 Å². The first-order valence-electron chi connectivity index (χ1n) is 10.3. The van der Waals surface area contributed by atoms with Crippen molar-refractivity contribution < 1.29 is 9.32 Å². The Morgan fingerprint density at radius 1 is 1.10 bits per heavy atom. The first kappa shape index (κ1) is 20.6. The lowest BCUT2D eigenvalue weighted by Crippen LogP contribution is -2.39. The molecular weight excluding hydrogens is 398 g/mol. The molecule has 2 heterocycles. The van der Waals surface area contributed by atoms with Crippen molar-refractivity contribution in [2.75, 3.05) is 13.1 Å². The number of rotatable bonds is 3. The highest BCUT2D eigenvalue weighted by Gasteiger charge is 2.29. The minimum atomic E-state index is 0.0464. The lowest BCUT2D eigenvalue weighted by Gasteiger charge is -2.31. The molecule has 1 atom stereocenters. The summed E-state index contributed by atoms with van der Waals surface area (Å²) in [5.74, 6) is 1.23. The van der Waals surface area contributed by atoms with Gasteiger partial charge in [0.05, 0.1) is 5.92 Å². The molecule has 0 radical (unpaired) electrons. The number of halogens is 1. The number of hydrogen-bond donors (Lipinski definition) is 0. The van der Waals surface area contributed by atoms with Gasteiger partial charge in [-0.15, -0.1) is 0 Å². The van der Waals surface area contributed by atoms with Gasteiger partial charge in [-0.05, 0) is 60.2 Å². The molecule has 1 aromatic heterocycles. The molecule has 0 N–H and O–H groups in total. The van der Waals surface area contributed by atoms with Gasteiger partial charge in [0.25, 0.3) is 5.91 Å². The fraction of sp³-hybridized carbons (Fsp3) is 0.375. The summed E-state index contributed by atoms with van der Waals surface area (Å²) >= 11 is 5.95. The molecule has 5 nitrogen and oxygen atoms in total. The maximum Gasteiger partial charge on any atom is 0.253 e. The Labute approximate surface area is 182 Å². The molecule has 1 fully saturated rings. The molecule has 0 aliphatic carbocycles. The minimum absolute atomic E-state index is 0.0464. The molecule has 1 aliphatic heterocycles. The van der Waals surface area contributed by atoms with Crippen molar-refractivity contribution in [3.63, 3.8) is 0 Å². The van der Waals surface area contributed by atoms with Crippen LogP contribution in [0.1, 0.15) is 61.3 Å². The van der Waals surface area contributed by atoms with Crippen molar-refractivity contribution in [1.29, 1.82) is 0 Å². The van der Waals surface area contributed by atoms with E-state index in [4.69, 9.17) is 16.1 Å². The topological polar surface area (TPSA) is 59.2 Å². The third-order valence-corrected chi connectivity index (χ3v) is 5.85. The maximum absolute atomic E-state index is 13.0. The third kappa shape index (κ3) is 4.41. The Morgan fingerprint density at radius 3 is 2.47 bits per heavy atom. The summed E-state index contributed by atoms with van der Waals surface area (Å²) in [6.07, 6.45) is 1.84. The number of amides is 1. The molecule has 1 amide bonds. The zero-order valence-corrected chi connectivity index (χ0v) is 18.3. The molecular formula is C24H26ClN3O2. The van der Waals surface area contributed by atoms with Crippen LogP contribution in [0.2, 0.25) is 5.02 Å². The first-order valence-corrected chi connectivity index (χ1v) is 10.7. The second kappa shape index (κ2) is 8.23. The van der Waals surface area contributed by atoms with Gasteiger partial charge in [0.15, 0.2) is 0 Å². The van der Waals surface area contributed by atoms with Crippen LogP contribution in [-0.2, 0) is 5.41 Å². The summed E-state index contributed by atoms with van der Waals surface area (Å²) < 4.78 is 5.54. The van der Waals surface area contributed by atoms with Crippen LogP contribution in [0.15, 0.2) is 53.1 Å². The summed E-state index contributed by atoms with van der Waals surface area (Å²) in [4.78, 5) is 19.5. The van der Waals surface area contributed by atoms with E-state index in [0.717, 1.165) is 30.5 Å². The van der Waals surface area contributed by atoms with Crippen molar-refractivity contribution in [1.82, 2.24) is 15.0 Å². The zero-order chi connectivity index (χ0) is 21.3. The summed E-state index contributed by atoms with van der Waals surface area (Å²) in [6, 6.07) is 15.3. The van der Waals surface area contributed by atoms with Crippen LogP contribution in [0.3, 0.4) is 0 Å². The predicted molar refractivity (Wildman–Crippen MR) is 118 cm³/mol. The van der Waals surface area contributed by atoms with Crippen LogP contribution in [-0.4, -0.2) is 34.0 Å². The summed E-state index contributed by atoms with van der Waals surface area (Å²) in [5.41, 5.74) is 2.86. The summed E-state index contributed by atoms with van der Waals surface area (Å²) in [7, 11) is 0. The van der Waals surface area contributed by atoms with Crippen molar-refractivity contribution in [3.8, 4) is 11.4 Å². The van der Waals surface area contributed by atoms with Crippen molar-refractivity contribution in [2.45, 2.75) is 44.9 Å². The van der Waals surface area contributed by atoms with Gasteiger partial charge in [-0.1, -0.05) is 49.7 Å². The number of likely N-dealkylation sites (tertiary alicyclic amines) is 1. The Morgan fingerprint density at radius 2 is 1.80 bits per heavy atom. The monoisotopic (exact) mass is 423 g/mol. The molecule has 6 heteroatoms. The van der Waals surface area contributed by atoms with E-state index in [2.05, 4.69) is 30.9 Å². The lowest BCUT2D eigenvalue weighted by atomic mass is 9.86. The van der Waals surface area contributed by atoms with E-state index < -0.39 is 0 Å². The van der Waals surface area contributed by atoms with E-state index in [1.807, 2.05) is 41.3 Å². The van der Waals surface area contributed by atoms with E-state index in [1.165, 1.54) is 5.56 Å². The Balaban J connectivity index is 1.47. The second-order valence-electron chi connectivity index (χ2n) is 8.88. The van der Waals surface area contributed by atoms with Crippen molar-refractivity contribution in [3.05, 3.63) is 70.6 Å². The predicted octanol–water partition coefficient (Wildman–Crippen LogP) is 5.71. The number of nitrogens with zero attached hydrogens (tertiary/aromatic N) is 3. The van der Waals surface area contributed by atoms with Gasteiger partial charge in [0, 0.05) is 29.2 Å². The minimum Gasteiger partial charge on any atom is -0.339 e.